The zero-order valence-corrected chi connectivity index (χ0v) is 11.9. The summed E-state index contributed by atoms with van der Waals surface area (Å²) in [4.78, 5) is 11.5. The van der Waals surface area contributed by atoms with Gasteiger partial charge in [0.15, 0.2) is 0 Å². The lowest BCUT2D eigenvalue weighted by atomic mass is 9.94. The van der Waals surface area contributed by atoms with Gasteiger partial charge in [-0.1, -0.05) is 39.0 Å². The predicted molar refractivity (Wildman–Crippen MR) is 78.0 cm³/mol. The van der Waals surface area contributed by atoms with Gasteiger partial charge in [0, 0.05) is 24.6 Å². The summed E-state index contributed by atoms with van der Waals surface area (Å²) in [5.41, 5.74) is 4.82. The van der Waals surface area contributed by atoms with Gasteiger partial charge < -0.3 is 4.90 Å². The van der Waals surface area contributed by atoms with Gasteiger partial charge in [0.25, 0.3) is 0 Å². The lowest BCUT2D eigenvalue weighted by Crippen LogP contribution is -2.23. The summed E-state index contributed by atoms with van der Waals surface area (Å²) in [5.74, 6) is 0.916. The predicted octanol–water partition coefficient (Wildman–Crippen LogP) is 3.45. The number of hydrogen-bond donors (Lipinski definition) is 0. The molecule has 0 atom stereocenters. The molecule has 0 radical (unpaired) electrons. The van der Waals surface area contributed by atoms with Gasteiger partial charge in [-0.25, -0.2) is 9.97 Å². The second-order valence-corrected chi connectivity index (χ2v) is 6.14. The lowest BCUT2D eigenvalue weighted by molar-refractivity contribution is 0.541. The molecule has 0 amide bonds. The summed E-state index contributed by atoms with van der Waals surface area (Å²) in [6, 6.07) is 8.48. The molecule has 3 rings (SSSR count). The van der Waals surface area contributed by atoms with E-state index < -0.39 is 0 Å². The van der Waals surface area contributed by atoms with E-state index in [1.165, 1.54) is 11.3 Å². The van der Waals surface area contributed by atoms with Gasteiger partial charge in [-0.15, -0.1) is 0 Å². The first kappa shape index (κ1) is 12.2. The van der Waals surface area contributed by atoms with Crippen LogP contribution in [0.5, 0.6) is 0 Å². The molecule has 3 heteroatoms. The van der Waals surface area contributed by atoms with Gasteiger partial charge in [-0.3, -0.25) is 0 Å². The maximum atomic E-state index is 4.78. The van der Waals surface area contributed by atoms with Crippen LogP contribution in [0.2, 0.25) is 0 Å². The number of anilines is 2. The average Bonchev–Trinajstić information content (AvgIpc) is 2.37. The molecule has 0 aliphatic carbocycles. The highest BCUT2D eigenvalue weighted by molar-refractivity contribution is 5.71. The molecule has 1 aromatic carbocycles. The van der Waals surface area contributed by atoms with Crippen molar-refractivity contribution in [2.75, 3.05) is 11.9 Å². The van der Waals surface area contributed by atoms with Crippen molar-refractivity contribution < 1.29 is 0 Å². The SMILES string of the molecule is CN1c2ccccc2Cc2nc(C(C)(C)C)ncc21. The first-order chi connectivity index (χ1) is 8.97. The molecule has 0 N–H and O–H groups in total. The third-order valence-corrected chi connectivity index (χ3v) is 3.59. The van der Waals surface area contributed by atoms with Crippen molar-refractivity contribution in [3.63, 3.8) is 0 Å². The van der Waals surface area contributed by atoms with Crippen LogP contribution in [0.1, 0.15) is 37.9 Å². The Morgan fingerprint density at radius 1 is 1.11 bits per heavy atom. The van der Waals surface area contributed by atoms with Crippen LogP contribution in [0.15, 0.2) is 30.5 Å². The van der Waals surface area contributed by atoms with Gasteiger partial charge in [0.2, 0.25) is 0 Å². The minimum absolute atomic E-state index is 0.00936. The second kappa shape index (κ2) is 4.05. The number of nitrogens with zero attached hydrogens (tertiary/aromatic N) is 3. The van der Waals surface area contributed by atoms with E-state index in [1.807, 2.05) is 6.20 Å². The maximum Gasteiger partial charge on any atom is 0.134 e. The molecule has 0 fully saturated rings. The Labute approximate surface area is 114 Å². The molecule has 19 heavy (non-hydrogen) atoms. The minimum atomic E-state index is -0.00936. The van der Waals surface area contributed by atoms with Crippen molar-refractivity contribution in [3.8, 4) is 0 Å². The molecule has 2 aromatic rings. The van der Waals surface area contributed by atoms with Crippen LogP contribution < -0.4 is 4.90 Å². The smallest absolute Gasteiger partial charge is 0.134 e. The van der Waals surface area contributed by atoms with Gasteiger partial charge >= 0.3 is 0 Å². The van der Waals surface area contributed by atoms with E-state index in [4.69, 9.17) is 4.98 Å². The topological polar surface area (TPSA) is 29.0 Å². The van der Waals surface area contributed by atoms with Crippen molar-refractivity contribution in [2.45, 2.75) is 32.6 Å². The summed E-state index contributed by atoms with van der Waals surface area (Å²) in [6.45, 7) is 6.44. The van der Waals surface area contributed by atoms with Crippen molar-refractivity contribution in [1.82, 2.24) is 9.97 Å². The Balaban J connectivity index is 2.10. The van der Waals surface area contributed by atoms with E-state index >= 15 is 0 Å². The molecule has 1 aliphatic rings. The van der Waals surface area contributed by atoms with E-state index in [2.05, 4.69) is 62.0 Å². The zero-order valence-electron chi connectivity index (χ0n) is 11.9. The molecule has 3 nitrogen and oxygen atoms in total. The van der Waals surface area contributed by atoms with Crippen LogP contribution in [0.25, 0.3) is 0 Å². The zero-order chi connectivity index (χ0) is 13.6. The standard InChI is InChI=1S/C16H19N3/c1-16(2,3)15-17-10-14-12(18-15)9-11-7-5-6-8-13(11)19(14)4/h5-8,10H,9H2,1-4H3. The fourth-order valence-corrected chi connectivity index (χ4v) is 2.48. The first-order valence-corrected chi connectivity index (χ1v) is 6.65. The monoisotopic (exact) mass is 253 g/mol. The fourth-order valence-electron chi connectivity index (χ4n) is 2.48. The van der Waals surface area contributed by atoms with Gasteiger partial charge in [0.1, 0.15) is 5.82 Å². The average molecular weight is 253 g/mol. The van der Waals surface area contributed by atoms with Crippen molar-refractivity contribution in [3.05, 3.63) is 47.5 Å². The van der Waals surface area contributed by atoms with Crippen molar-refractivity contribution in [2.24, 2.45) is 0 Å². The van der Waals surface area contributed by atoms with E-state index in [9.17, 15) is 0 Å². The Morgan fingerprint density at radius 3 is 2.58 bits per heavy atom. The second-order valence-electron chi connectivity index (χ2n) is 6.14. The molecule has 0 saturated heterocycles. The summed E-state index contributed by atoms with van der Waals surface area (Å²) in [7, 11) is 2.08. The lowest BCUT2D eigenvalue weighted by Gasteiger charge is -2.30. The molecule has 1 aromatic heterocycles. The van der Waals surface area contributed by atoms with Crippen LogP contribution in [0.3, 0.4) is 0 Å². The molecule has 1 aliphatic heterocycles. The molecule has 0 spiro atoms. The molecule has 2 heterocycles. The highest BCUT2D eigenvalue weighted by atomic mass is 15.1. The summed E-state index contributed by atoms with van der Waals surface area (Å²) in [6.07, 6.45) is 2.85. The van der Waals surface area contributed by atoms with Crippen LogP contribution in [0, 0.1) is 0 Å². The van der Waals surface area contributed by atoms with Gasteiger partial charge in [0.05, 0.1) is 17.6 Å². The van der Waals surface area contributed by atoms with Crippen LogP contribution >= 0.6 is 0 Å². The summed E-state index contributed by atoms with van der Waals surface area (Å²) in [5, 5.41) is 0. The Kier molecular flexibility index (Phi) is 2.59. The normalized spacial score (nSPS) is 14.0. The third kappa shape index (κ3) is 1.99. The number of benzene rings is 1. The highest BCUT2D eigenvalue weighted by Crippen LogP contribution is 2.36. The fraction of sp³-hybridized carbons (Fsp3) is 0.375. The minimum Gasteiger partial charge on any atom is -0.342 e. The third-order valence-electron chi connectivity index (χ3n) is 3.59. The number of fused-ring (bicyclic) bond motifs is 2. The van der Waals surface area contributed by atoms with E-state index in [0.717, 1.165) is 23.6 Å². The Bertz CT molecular complexity index is 626. The number of aromatic nitrogens is 2. The summed E-state index contributed by atoms with van der Waals surface area (Å²) < 4.78 is 0. The molecule has 0 unspecified atom stereocenters. The Hall–Kier alpha value is -1.90. The van der Waals surface area contributed by atoms with E-state index in [0.29, 0.717) is 0 Å². The quantitative estimate of drug-likeness (QED) is 0.720. The van der Waals surface area contributed by atoms with Crippen LogP contribution in [-0.2, 0) is 11.8 Å². The summed E-state index contributed by atoms with van der Waals surface area (Å²) >= 11 is 0. The molecular formula is C16H19N3. The van der Waals surface area contributed by atoms with E-state index in [-0.39, 0.29) is 5.41 Å². The van der Waals surface area contributed by atoms with Crippen LogP contribution in [-0.4, -0.2) is 17.0 Å². The number of hydrogen-bond acceptors (Lipinski definition) is 3. The number of para-hydroxylation sites is 1. The highest BCUT2D eigenvalue weighted by Gasteiger charge is 2.24. The van der Waals surface area contributed by atoms with Crippen molar-refractivity contribution in [1.29, 1.82) is 0 Å². The van der Waals surface area contributed by atoms with Gasteiger partial charge in [-0.2, -0.15) is 0 Å². The van der Waals surface area contributed by atoms with E-state index in [1.54, 1.807) is 0 Å². The first-order valence-electron chi connectivity index (χ1n) is 6.65. The van der Waals surface area contributed by atoms with Crippen LogP contribution in [0.4, 0.5) is 11.4 Å². The number of rotatable bonds is 0. The largest absolute Gasteiger partial charge is 0.342 e. The van der Waals surface area contributed by atoms with Gasteiger partial charge in [-0.05, 0) is 11.6 Å². The molecule has 0 bridgehead atoms. The van der Waals surface area contributed by atoms with Crippen molar-refractivity contribution >= 4 is 11.4 Å². The Morgan fingerprint density at radius 2 is 1.84 bits per heavy atom. The molecule has 98 valence electrons. The maximum absolute atomic E-state index is 4.78. The molecular weight excluding hydrogens is 234 g/mol. The molecule has 0 saturated carbocycles.